The van der Waals surface area contributed by atoms with Gasteiger partial charge in [-0.15, -0.1) is 23.1 Å². The van der Waals surface area contributed by atoms with Gasteiger partial charge < -0.3 is 9.88 Å². The molecule has 0 saturated heterocycles. The predicted molar refractivity (Wildman–Crippen MR) is 134 cm³/mol. The molecule has 32 heavy (non-hydrogen) atoms. The van der Waals surface area contributed by atoms with E-state index in [1.807, 2.05) is 65.7 Å². The van der Waals surface area contributed by atoms with Crippen molar-refractivity contribution in [3.63, 3.8) is 0 Å². The summed E-state index contributed by atoms with van der Waals surface area (Å²) in [5.41, 5.74) is 4.01. The van der Waals surface area contributed by atoms with Crippen molar-refractivity contribution in [3.05, 3.63) is 81.7 Å². The maximum Gasteiger partial charge on any atom is 0.260 e. The van der Waals surface area contributed by atoms with Crippen molar-refractivity contribution >= 4 is 44.9 Å². The molecular weight excluding hydrogens is 438 g/mol. The van der Waals surface area contributed by atoms with Crippen molar-refractivity contribution < 1.29 is 4.79 Å². The van der Waals surface area contributed by atoms with E-state index in [1.165, 1.54) is 28.7 Å². The number of nitrogens with one attached hydrogen (secondary N) is 1. The molecule has 0 radical (unpaired) electrons. The van der Waals surface area contributed by atoms with Crippen molar-refractivity contribution in [2.24, 2.45) is 0 Å². The minimum Gasteiger partial charge on any atom is -0.309 e. The maximum atomic E-state index is 13.2. The average Bonchev–Trinajstić information content (AvgIpc) is 3.38. The summed E-state index contributed by atoms with van der Waals surface area (Å²) in [6, 6.07) is 18.1. The maximum absolute atomic E-state index is 13.2. The van der Waals surface area contributed by atoms with Crippen molar-refractivity contribution in [2.75, 3.05) is 4.90 Å². The number of hydrogen-bond donors (Lipinski definition) is 1. The second kappa shape index (κ2) is 8.56. The molecule has 0 aliphatic carbocycles. The van der Waals surface area contributed by atoms with E-state index in [4.69, 9.17) is 0 Å². The topological polar surface area (TPSA) is 66.1 Å². The molecule has 1 aliphatic heterocycles. The number of hydrogen-bond acceptors (Lipinski definition) is 5. The van der Waals surface area contributed by atoms with Gasteiger partial charge in [0.05, 0.1) is 16.4 Å². The molecule has 1 aliphatic rings. The molecular formula is C25H23N3O2S2. The Kier molecular flexibility index (Phi) is 5.61. The van der Waals surface area contributed by atoms with Gasteiger partial charge in [-0.1, -0.05) is 48.5 Å². The fraction of sp³-hybridized carbons (Fsp3) is 0.240. The largest absolute Gasteiger partial charge is 0.309 e. The molecule has 3 heterocycles. The minimum atomic E-state index is -0.243. The van der Waals surface area contributed by atoms with Crippen LogP contribution in [0.15, 0.2) is 64.8 Å². The van der Waals surface area contributed by atoms with E-state index in [1.54, 1.807) is 0 Å². The minimum absolute atomic E-state index is 0.0957. The van der Waals surface area contributed by atoms with Gasteiger partial charge in [0.25, 0.3) is 5.56 Å². The van der Waals surface area contributed by atoms with E-state index in [-0.39, 0.29) is 22.8 Å². The number of aromatic amines is 1. The Labute approximate surface area is 194 Å². The van der Waals surface area contributed by atoms with E-state index in [0.717, 1.165) is 28.1 Å². The summed E-state index contributed by atoms with van der Waals surface area (Å²) in [6.07, 6.45) is 0.882. The highest BCUT2D eigenvalue weighted by Crippen LogP contribution is 2.34. The highest BCUT2D eigenvalue weighted by molar-refractivity contribution is 7.99. The molecule has 7 heteroatoms. The fourth-order valence-electron chi connectivity index (χ4n) is 4.26. The van der Waals surface area contributed by atoms with Crippen LogP contribution in [0.3, 0.4) is 0 Å². The first kappa shape index (κ1) is 21.0. The lowest BCUT2D eigenvalue weighted by Crippen LogP contribution is -2.40. The Morgan fingerprint density at radius 1 is 1.22 bits per heavy atom. The zero-order valence-corrected chi connectivity index (χ0v) is 19.5. The lowest BCUT2D eigenvalue weighted by atomic mass is 10.1. The summed E-state index contributed by atoms with van der Waals surface area (Å²) in [4.78, 5) is 36.3. The van der Waals surface area contributed by atoms with Gasteiger partial charge >= 0.3 is 0 Å². The molecule has 2 atom stereocenters. The lowest BCUT2D eigenvalue weighted by Gasteiger charge is -2.25. The van der Waals surface area contributed by atoms with Crippen LogP contribution in [0, 0.1) is 0 Å². The summed E-state index contributed by atoms with van der Waals surface area (Å²) >= 11 is 2.98. The summed E-state index contributed by atoms with van der Waals surface area (Å²) in [5.74, 6) is 1.17. The van der Waals surface area contributed by atoms with Crippen LogP contribution >= 0.6 is 23.1 Å². The highest BCUT2D eigenvalue weighted by atomic mass is 32.2. The third kappa shape index (κ3) is 3.76. The van der Waals surface area contributed by atoms with Crippen LogP contribution in [-0.4, -0.2) is 27.2 Å². The number of thioether (sulfide) groups is 1. The first-order chi connectivity index (χ1) is 15.5. The van der Waals surface area contributed by atoms with Crippen molar-refractivity contribution in [1.82, 2.24) is 9.97 Å². The molecule has 2 aromatic heterocycles. The Morgan fingerprint density at radius 2 is 1.97 bits per heavy atom. The van der Waals surface area contributed by atoms with Crippen LogP contribution in [0.2, 0.25) is 0 Å². The predicted octanol–water partition coefficient (Wildman–Crippen LogP) is 5.25. The van der Waals surface area contributed by atoms with Gasteiger partial charge in [0.15, 0.2) is 0 Å². The normalized spacial score (nSPS) is 16.3. The molecule has 5 nitrogen and oxygen atoms in total. The number of H-pyrrole nitrogens is 1. The number of carbonyl (C=O) groups is 1. The molecule has 2 aromatic carbocycles. The van der Waals surface area contributed by atoms with Crippen LogP contribution in [0.5, 0.6) is 0 Å². The first-order valence-electron chi connectivity index (χ1n) is 10.6. The number of fused-ring (bicyclic) bond motifs is 2. The number of para-hydroxylation sites is 1. The first-order valence-corrected chi connectivity index (χ1v) is 12.5. The molecule has 162 valence electrons. The van der Waals surface area contributed by atoms with Gasteiger partial charge in [0.2, 0.25) is 5.91 Å². The van der Waals surface area contributed by atoms with Gasteiger partial charge in [-0.05, 0) is 37.5 Å². The monoisotopic (exact) mass is 461 g/mol. The smallest absolute Gasteiger partial charge is 0.260 e. The Morgan fingerprint density at radius 3 is 2.78 bits per heavy atom. The number of amides is 1. The quantitative estimate of drug-likeness (QED) is 0.441. The van der Waals surface area contributed by atoms with E-state index in [2.05, 4.69) is 23.0 Å². The third-order valence-electron chi connectivity index (χ3n) is 5.84. The summed E-state index contributed by atoms with van der Waals surface area (Å²) in [5, 5.41) is 2.37. The van der Waals surface area contributed by atoms with E-state index < -0.39 is 0 Å². The van der Waals surface area contributed by atoms with Crippen molar-refractivity contribution in [1.29, 1.82) is 0 Å². The number of carbonyl (C=O) groups excluding carboxylic acids is 1. The van der Waals surface area contributed by atoms with Gasteiger partial charge in [-0.25, -0.2) is 4.98 Å². The molecule has 1 N–H and O–H groups in total. The molecule has 0 bridgehead atoms. The number of benzene rings is 2. The summed E-state index contributed by atoms with van der Waals surface area (Å²) in [6.45, 7) is 4.01. The van der Waals surface area contributed by atoms with E-state index >= 15 is 0 Å². The number of rotatable bonds is 5. The number of anilines is 1. The highest BCUT2D eigenvalue weighted by Gasteiger charge is 2.33. The summed E-state index contributed by atoms with van der Waals surface area (Å²) in [7, 11) is 0. The molecule has 5 rings (SSSR count). The zero-order chi connectivity index (χ0) is 22.2. The van der Waals surface area contributed by atoms with Gasteiger partial charge in [-0.3, -0.25) is 9.59 Å². The Bertz CT molecular complexity index is 1350. The van der Waals surface area contributed by atoms with E-state index in [9.17, 15) is 9.59 Å². The molecule has 0 saturated carbocycles. The molecule has 4 aromatic rings. The molecule has 0 fully saturated rings. The SMILES string of the molecule is CC(SCc1nc2scc(-c3ccccc3)c2c(=O)[nH]1)C(=O)N1c2ccccc2CC1C. The van der Waals surface area contributed by atoms with E-state index in [0.29, 0.717) is 17.0 Å². The molecule has 0 spiro atoms. The third-order valence-corrected chi connectivity index (χ3v) is 7.85. The standard InChI is InChI=1S/C25H23N3O2S2/c1-15-12-18-10-6-7-11-20(18)28(15)25(30)16(2)31-14-21-26-23(29)22-19(13-32-24(22)27-21)17-8-4-3-5-9-17/h3-11,13,15-16H,12,14H2,1-2H3,(H,26,27,29). The molecule has 2 unspecified atom stereocenters. The van der Waals surface area contributed by atoms with Gasteiger partial charge in [0.1, 0.15) is 10.7 Å². The van der Waals surface area contributed by atoms with Crippen LogP contribution < -0.4 is 10.5 Å². The summed E-state index contributed by atoms with van der Waals surface area (Å²) < 4.78 is 0. The van der Waals surface area contributed by atoms with Crippen LogP contribution in [0.4, 0.5) is 5.69 Å². The Balaban J connectivity index is 1.33. The zero-order valence-electron chi connectivity index (χ0n) is 17.9. The van der Waals surface area contributed by atoms with Gasteiger partial charge in [0, 0.05) is 22.7 Å². The van der Waals surface area contributed by atoms with Crippen molar-refractivity contribution in [2.45, 2.75) is 37.3 Å². The van der Waals surface area contributed by atoms with Crippen LogP contribution in [0.25, 0.3) is 21.3 Å². The second-order valence-corrected chi connectivity index (χ2v) is 10.2. The van der Waals surface area contributed by atoms with Gasteiger partial charge in [-0.2, -0.15) is 0 Å². The number of aromatic nitrogens is 2. The lowest BCUT2D eigenvalue weighted by molar-refractivity contribution is -0.118. The number of nitrogens with zero attached hydrogens (tertiary/aromatic N) is 2. The van der Waals surface area contributed by atoms with Crippen molar-refractivity contribution in [3.8, 4) is 11.1 Å². The molecule has 1 amide bonds. The average molecular weight is 462 g/mol. The fourth-order valence-corrected chi connectivity index (χ4v) is 6.03. The second-order valence-electron chi connectivity index (χ2n) is 8.05. The van der Waals surface area contributed by atoms with Crippen LogP contribution in [-0.2, 0) is 17.0 Å². The van der Waals surface area contributed by atoms with Crippen LogP contribution in [0.1, 0.15) is 25.2 Å². The number of thiophene rings is 1. The Hall–Kier alpha value is -2.90.